The Morgan fingerprint density at radius 3 is 2.31 bits per heavy atom. The molecule has 29 heavy (non-hydrogen) atoms. The quantitative estimate of drug-likeness (QED) is 0.789. The summed E-state index contributed by atoms with van der Waals surface area (Å²) in [4.78, 5) is 27.4. The lowest BCUT2D eigenvalue weighted by Crippen LogP contribution is -2.50. The van der Waals surface area contributed by atoms with Gasteiger partial charge in [-0.25, -0.2) is 0 Å². The minimum absolute atomic E-state index is 0.0516. The highest BCUT2D eigenvalue weighted by Crippen LogP contribution is 2.38. The third-order valence-corrected chi connectivity index (χ3v) is 6.89. The van der Waals surface area contributed by atoms with Crippen LogP contribution in [0.15, 0.2) is 30.3 Å². The third kappa shape index (κ3) is 6.07. The summed E-state index contributed by atoms with van der Waals surface area (Å²) in [6.07, 6.45) is 7.72. The summed E-state index contributed by atoms with van der Waals surface area (Å²) in [5.41, 5.74) is 1.43. The van der Waals surface area contributed by atoms with Crippen LogP contribution < -0.4 is 5.32 Å². The fraction of sp³-hybridized carbons (Fsp3) is 0.680. The van der Waals surface area contributed by atoms with Crippen molar-refractivity contribution in [3.05, 3.63) is 35.9 Å². The average Bonchev–Trinajstić information content (AvgIpc) is 2.72. The Labute approximate surface area is 176 Å². The number of nitrogens with zero attached hydrogens (tertiary/aromatic N) is 1. The van der Waals surface area contributed by atoms with Gasteiger partial charge in [-0.05, 0) is 49.0 Å². The third-order valence-electron chi connectivity index (χ3n) is 6.89. The number of aryl methyl sites for hydroxylation is 1. The number of benzene rings is 1. The molecule has 0 spiro atoms. The van der Waals surface area contributed by atoms with Gasteiger partial charge >= 0.3 is 0 Å². The molecule has 0 aromatic heterocycles. The van der Waals surface area contributed by atoms with Crippen LogP contribution in [0.5, 0.6) is 0 Å². The van der Waals surface area contributed by atoms with Crippen LogP contribution in [0.25, 0.3) is 0 Å². The summed E-state index contributed by atoms with van der Waals surface area (Å²) in [6.45, 7) is 8.29. The van der Waals surface area contributed by atoms with E-state index < -0.39 is 0 Å². The van der Waals surface area contributed by atoms with E-state index in [0.717, 1.165) is 25.7 Å². The molecule has 1 saturated carbocycles. The molecular weight excluding hydrogens is 360 g/mol. The molecule has 0 bridgehead atoms. The molecule has 0 radical (unpaired) electrons. The Kier molecular flexibility index (Phi) is 7.37. The fourth-order valence-corrected chi connectivity index (χ4v) is 5.09. The average molecular weight is 399 g/mol. The van der Waals surface area contributed by atoms with Gasteiger partial charge in [-0.2, -0.15) is 0 Å². The first kappa shape index (κ1) is 21.9. The number of hydrogen-bond acceptors (Lipinski definition) is 2. The summed E-state index contributed by atoms with van der Waals surface area (Å²) in [6, 6.07) is 10.5. The first-order valence-electron chi connectivity index (χ1n) is 11.5. The first-order valence-corrected chi connectivity index (χ1v) is 11.5. The molecule has 0 unspecified atom stereocenters. The molecule has 2 fully saturated rings. The Morgan fingerprint density at radius 1 is 1.00 bits per heavy atom. The minimum Gasteiger partial charge on any atom is -0.353 e. The maximum absolute atomic E-state index is 12.9. The highest BCUT2D eigenvalue weighted by Gasteiger charge is 2.36. The Balaban J connectivity index is 1.44. The first-order chi connectivity index (χ1) is 13.8. The number of hydrogen-bond donors (Lipinski definition) is 1. The molecule has 2 amide bonds. The lowest BCUT2D eigenvalue weighted by molar-refractivity contribution is -0.136. The van der Waals surface area contributed by atoms with Crippen LogP contribution in [-0.2, 0) is 16.0 Å². The normalized spacial score (nSPS) is 23.6. The van der Waals surface area contributed by atoms with Crippen molar-refractivity contribution in [3.63, 3.8) is 0 Å². The van der Waals surface area contributed by atoms with E-state index in [1.807, 2.05) is 23.1 Å². The van der Waals surface area contributed by atoms with E-state index in [-0.39, 0.29) is 23.1 Å². The summed E-state index contributed by atoms with van der Waals surface area (Å²) < 4.78 is 0. The van der Waals surface area contributed by atoms with Gasteiger partial charge in [0.25, 0.3) is 0 Å². The second-order valence-corrected chi connectivity index (χ2v) is 10.0. The molecule has 1 aromatic rings. The van der Waals surface area contributed by atoms with Crippen molar-refractivity contribution >= 4 is 11.8 Å². The lowest BCUT2D eigenvalue weighted by Gasteiger charge is -2.41. The van der Waals surface area contributed by atoms with E-state index in [0.29, 0.717) is 31.5 Å². The van der Waals surface area contributed by atoms with Crippen LogP contribution in [0.2, 0.25) is 0 Å². The van der Waals surface area contributed by atoms with Gasteiger partial charge in [0.1, 0.15) is 0 Å². The predicted molar refractivity (Wildman–Crippen MR) is 117 cm³/mol. The van der Waals surface area contributed by atoms with Gasteiger partial charge in [-0.3, -0.25) is 9.59 Å². The van der Waals surface area contributed by atoms with Crippen LogP contribution >= 0.6 is 0 Å². The molecule has 1 aliphatic carbocycles. The minimum atomic E-state index is 0.0516. The molecule has 4 nitrogen and oxygen atoms in total. The van der Waals surface area contributed by atoms with Gasteiger partial charge in [-0.1, -0.05) is 63.9 Å². The Morgan fingerprint density at radius 2 is 1.66 bits per heavy atom. The molecule has 4 heteroatoms. The van der Waals surface area contributed by atoms with Crippen LogP contribution in [0.1, 0.15) is 71.3 Å². The van der Waals surface area contributed by atoms with Crippen molar-refractivity contribution in [1.82, 2.24) is 10.2 Å². The van der Waals surface area contributed by atoms with Crippen LogP contribution in [0.3, 0.4) is 0 Å². The zero-order valence-electron chi connectivity index (χ0n) is 18.5. The van der Waals surface area contributed by atoms with Gasteiger partial charge in [0.2, 0.25) is 11.8 Å². The summed E-state index contributed by atoms with van der Waals surface area (Å²) in [5, 5.41) is 3.39. The van der Waals surface area contributed by atoms with E-state index in [2.05, 4.69) is 38.2 Å². The topological polar surface area (TPSA) is 49.4 Å². The van der Waals surface area contributed by atoms with E-state index >= 15 is 0 Å². The molecule has 1 N–H and O–H groups in total. The van der Waals surface area contributed by atoms with Gasteiger partial charge in [0.15, 0.2) is 0 Å². The van der Waals surface area contributed by atoms with Crippen molar-refractivity contribution in [2.75, 3.05) is 13.1 Å². The number of piperidine rings is 1. The van der Waals surface area contributed by atoms with Crippen LogP contribution in [0, 0.1) is 17.3 Å². The molecule has 1 aromatic carbocycles. The highest BCUT2D eigenvalue weighted by molar-refractivity contribution is 5.80. The largest absolute Gasteiger partial charge is 0.353 e. The number of amides is 2. The Hall–Kier alpha value is -1.84. The van der Waals surface area contributed by atoms with Crippen LogP contribution in [0.4, 0.5) is 0 Å². The lowest BCUT2D eigenvalue weighted by atomic mass is 9.69. The summed E-state index contributed by atoms with van der Waals surface area (Å²) >= 11 is 0. The standard InChI is InChI=1S/C25H38N2O2/c1-25(2,3)21-11-7-8-12-22(21)26-24(29)20-15-17-27(18-16-20)23(28)14-13-19-9-5-4-6-10-19/h4-6,9-10,20-22H,7-8,11-18H2,1-3H3,(H,26,29)/t21-,22-/m0/s1. The number of nitrogens with one attached hydrogen (secondary N) is 1. The maximum atomic E-state index is 12.9. The molecule has 2 atom stereocenters. The van der Waals surface area contributed by atoms with Crippen molar-refractivity contribution < 1.29 is 9.59 Å². The van der Waals surface area contributed by atoms with E-state index in [4.69, 9.17) is 0 Å². The van der Waals surface area contributed by atoms with Crippen molar-refractivity contribution in [1.29, 1.82) is 0 Å². The highest BCUT2D eigenvalue weighted by atomic mass is 16.2. The van der Waals surface area contributed by atoms with Gasteiger partial charge < -0.3 is 10.2 Å². The second kappa shape index (κ2) is 9.77. The zero-order valence-corrected chi connectivity index (χ0v) is 18.5. The van der Waals surface area contributed by atoms with Crippen LogP contribution in [-0.4, -0.2) is 35.8 Å². The molecule has 2 aliphatic rings. The SMILES string of the molecule is CC(C)(C)[C@H]1CCCC[C@@H]1NC(=O)C1CCN(C(=O)CCc2ccccc2)CC1. The predicted octanol–water partition coefficient (Wildman–Crippen LogP) is 4.58. The smallest absolute Gasteiger partial charge is 0.223 e. The van der Waals surface area contributed by atoms with Gasteiger partial charge in [0.05, 0.1) is 0 Å². The number of likely N-dealkylation sites (tertiary alicyclic amines) is 1. The number of rotatable bonds is 5. The van der Waals surface area contributed by atoms with E-state index in [9.17, 15) is 9.59 Å². The molecule has 160 valence electrons. The molecule has 1 aliphatic heterocycles. The Bertz CT molecular complexity index is 672. The van der Waals surface area contributed by atoms with Crippen molar-refractivity contribution in [2.45, 2.75) is 78.2 Å². The molecular formula is C25H38N2O2. The monoisotopic (exact) mass is 398 g/mol. The molecule has 1 heterocycles. The zero-order chi connectivity index (χ0) is 20.9. The molecule has 1 saturated heterocycles. The van der Waals surface area contributed by atoms with Gasteiger partial charge in [0, 0.05) is 31.5 Å². The second-order valence-electron chi connectivity index (χ2n) is 10.0. The number of carbonyl (C=O) groups is 2. The van der Waals surface area contributed by atoms with E-state index in [1.165, 1.54) is 24.8 Å². The van der Waals surface area contributed by atoms with Crippen molar-refractivity contribution in [2.24, 2.45) is 17.3 Å². The summed E-state index contributed by atoms with van der Waals surface area (Å²) in [5.74, 6) is 1.03. The van der Waals surface area contributed by atoms with E-state index in [1.54, 1.807) is 0 Å². The fourth-order valence-electron chi connectivity index (χ4n) is 5.09. The molecule has 3 rings (SSSR count). The van der Waals surface area contributed by atoms with Gasteiger partial charge in [-0.15, -0.1) is 0 Å². The maximum Gasteiger partial charge on any atom is 0.223 e. The van der Waals surface area contributed by atoms with Crippen molar-refractivity contribution in [3.8, 4) is 0 Å². The summed E-state index contributed by atoms with van der Waals surface area (Å²) in [7, 11) is 0. The number of carbonyl (C=O) groups excluding carboxylic acids is 2.